The molecule has 0 aliphatic heterocycles. The third-order valence-electron chi connectivity index (χ3n) is 5.75. The summed E-state index contributed by atoms with van der Waals surface area (Å²) in [5, 5.41) is 0. The van der Waals surface area contributed by atoms with Crippen LogP contribution in [0.4, 0.5) is 0 Å². The fourth-order valence-corrected chi connectivity index (χ4v) is 6.37. The van der Waals surface area contributed by atoms with Crippen molar-refractivity contribution in [3.63, 3.8) is 0 Å². The molecule has 0 saturated heterocycles. The van der Waals surface area contributed by atoms with Crippen molar-refractivity contribution in [2.45, 2.75) is 46.5 Å². The Kier molecular flexibility index (Phi) is 11.6. The van der Waals surface area contributed by atoms with Gasteiger partial charge in [-0.05, 0) is 111 Å². The van der Waals surface area contributed by atoms with Crippen LogP contribution < -0.4 is 9.47 Å². The average molecular weight is 639 g/mol. The van der Waals surface area contributed by atoms with Gasteiger partial charge in [-0.1, -0.05) is 40.0 Å². The summed E-state index contributed by atoms with van der Waals surface area (Å²) >= 11 is 10.5. The van der Waals surface area contributed by atoms with Crippen molar-refractivity contribution in [2.75, 3.05) is 13.7 Å². The number of methoxy groups -OCH3 is 1. The lowest BCUT2D eigenvalue weighted by molar-refractivity contribution is 0.275. The molecule has 2 nitrogen and oxygen atoms in total. The largest absolute Gasteiger partial charge is 0.496 e. The predicted octanol–water partition coefficient (Wildman–Crippen LogP) is 10.9. The van der Waals surface area contributed by atoms with Gasteiger partial charge in [0, 0.05) is 20.9 Å². The second-order valence-electron chi connectivity index (χ2n) is 9.15. The van der Waals surface area contributed by atoms with E-state index in [0.717, 1.165) is 42.5 Å². The first-order valence-corrected chi connectivity index (χ1v) is 15.3. The Morgan fingerprint density at radius 2 is 1.34 bits per heavy atom. The molecule has 1 atom stereocenters. The van der Waals surface area contributed by atoms with Crippen LogP contribution in [0, 0.1) is 11.8 Å². The van der Waals surface area contributed by atoms with Crippen LogP contribution in [-0.2, 0) is 0 Å². The highest BCUT2D eigenvalue weighted by Gasteiger charge is 2.11. The first-order valence-electron chi connectivity index (χ1n) is 12.1. The fraction of sp³-hybridized carbons (Fsp3) is 0.379. The zero-order valence-corrected chi connectivity index (χ0v) is 25.7. The summed E-state index contributed by atoms with van der Waals surface area (Å²) in [6.45, 7) is 7.64. The van der Waals surface area contributed by atoms with Gasteiger partial charge < -0.3 is 9.47 Å². The van der Waals surface area contributed by atoms with E-state index in [1.807, 2.05) is 0 Å². The molecule has 0 fully saturated rings. The van der Waals surface area contributed by atoms with E-state index >= 15 is 0 Å². The van der Waals surface area contributed by atoms with E-state index in [9.17, 15) is 0 Å². The summed E-state index contributed by atoms with van der Waals surface area (Å²) in [6, 6.07) is 12.5. The second-order valence-corrected chi connectivity index (χ2v) is 14.1. The first kappa shape index (κ1) is 28.2. The van der Waals surface area contributed by atoms with E-state index in [1.165, 1.54) is 29.0 Å². The highest BCUT2D eigenvalue weighted by Crippen LogP contribution is 2.34. The minimum absolute atomic E-state index is 0.658. The molecule has 0 aliphatic rings. The van der Waals surface area contributed by atoms with Gasteiger partial charge in [0.1, 0.15) is 11.5 Å². The van der Waals surface area contributed by atoms with Gasteiger partial charge in [-0.2, -0.15) is 0 Å². The molecule has 1 unspecified atom stereocenters. The van der Waals surface area contributed by atoms with Gasteiger partial charge in [-0.15, -0.1) is 22.7 Å². The first-order chi connectivity index (χ1) is 16.8. The Morgan fingerprint density at radius 1 is 0.771 bits per heavy atom. The monoisotopic (exact) mass is 636 g/mol. The molecule has 0 saturated carbocycles. The van der Waals surface area contributed by atoms with Crippen LogP contribution in [0.15, 0.2) is 44.0 Å². The number of hydrogen-bond donors (Lipinski definition) is 0. The molecule has 188 valence electrons. The third kappa shape index (κ3) is 9.56. The van der Waals surface area contributed by atoms with Crippen LogP contribution >= 0.6 is 54.5 Å². The van der Waals surface area contributed by atoms with E-state index in [1.54, 1.807) is 29.8 Å². The Labute approximate surface area is 235 Å². The summed E-state index contributed by atoms with van der Waals surface area (Å²) in [5.41, 5.74) is 2.03. The van der Waals surface area contributed by atoms with Gasteiger partial charge in [-0.25, -0.2) is 0 Å². The molecular formula is C29H34Br2O2S2. The Balaban J connectivity index is 1.79. The molecule has 0 spiro atoms. The van der Waals surface area contributed by atoms with Crippen LogP contribution in [0.3, 0.4) is 0 Å². The summed E-state index contributed by atoms with van der Waals surface area (Å²) in [6.07, 6.45) is 13.4. The van der Waals surface area contributed by atoms with Gasteiger partial charge in [0.15, 0.2) is 0 Å². The molecule has 0 radical (unpaired) electrons. The summed E-state index contributed by atoms with van der Waals surface area (Å²) < 4.78 is 14.4. The fourth-order valence-electron chi connectivity index (χ4n) is 3.72. The lowest BCUT2D eigenvalue weighted by Gasteiger charge is -2.16. The molecule has 0 N–H and O–H groups in total. The molecule has 0 amide bonds. The predicted molar refractivity (Wildman–Crippen MR) is 163 cm³/mol. The van der Waals surface area contributed by atoms with Gasteiger partial charge in [0.05, 0.1) is 21.3 Å². The van der Waals surface area contributed by atoms with E-state index in [2.05, 4.69) is 113 Å². The van der Waals surface area contributed by atoms with Crippen LogP contribution in [0.5, 0.6) is 11.5 Å². The van der Waals surface area contributed by atoms with Crippen LogP contribution in [0.25, 0.3) is 24.3 Å². The van der Waals surface area contributed by atoms with Gasteiger partial charge in [0.2, 0.25) is 0 Å². The molecule has 2 aromatic heterocycles. The number of ether oxygens (including phenoxy) is 2. The minimum atomic E-state index is 0.658. The maximum atomic E-state index is 6.37. The number of thiophene rings is 2. The Hall–Kier alpha value is -1.34. The summed E-state index contributed by atoms with van der Waals surface area (Å²) in [4.78, 5) is 2.37. The maximum Gasteiger partial charge on any atom is 0.127 e. The van der Waals surface area contributed by atoms with E-state index in [4.69, 9.17) is 9.47 Å². The third-order valence-corrected chi connectivity index (χ3v) is 8.93. The van der Waals surface area contributed by atoms with Crippen molar-refractivity contribution in [3.05, 3.63) is 64.9 Å². The Bertz CT molecular complexity index is 1130. The van der Waals surface area contributed by atoms with Crippen molar-refractivity contribution >= 4 is 78.8 Å². The quantitative estimate of drug-likeness (QED) is 0.186. The van der Waals surface area contributed by atoms with Gasteiger partial charge in [-0.3, -0.25) is 0 Å². The van der Waals surface area contributed by atoms with E-state index < -0.39 is 0 Å². The van der Waals surface area contributed by atoms with E-state index in [-0.39, 0.29) is 0 Å². The zero-order valence-electron chi connectivity index (χ0n) is 20.9. The molecular weight excluding hydrogens is 604 g/mol. The minimum Gasteiger partial charge on any atom is -0.496 e. The van der Waals surface area contributed by atoms with Crippen LogP contribution in [0.1, 0.15) is 67.3 Å². The summed E-state index contributed by atoms with van der Waals surface area (Å²) in [7, 11) is 1.72. The lowest BCUT2D eigenvalue weighted by atomic mass is 9.98. The van der Waals surface area contributed by atoms with Crippen molar-refractivity contribution in [1.29, 1.82) is 0 Å². The maximum absolute atomic E-state index is 6.37. The molecule has 2 heterocycles. The molecule has 1 aromatic carbocycles. The topological polar surface area (TPSA) is 18.5 Å². The Morgan fingerprint density at radius 3 is 1.86 bits per heavy atom. The molecule has 3 rings (SSSR count). The smallest absolute Gasteiger partial charge is 0.127 e. The molecule has 6 heteroatoms. The SMILES string of the molecule is COc1cc(C=Cc2ccc(Br)s2)c(OCCC(C)CCCC(C)C)cc1C=Cc1ccc(Br)s1. The average Bonchev–Trinajstić information content (AvgIpc) is 3.43. The number of rotatable bonds is 13. The second kappa shape index (κ2) is 14.4. The van der Waals surface area contributed by atoms with Crippen LogP contribution in [-0.4, -0.2) is 13.7 Å². The molecule has 0 aliphatic carbocycles. The number of hydrogen-bond acceptors (Lipinski definition) is 4. The van der Waals surface area contributed by atoms with Crippen molar-refractivity contribution < 1.29 is 9.47 Å². The zero-order chi connectivity index (χ0) is 25.2. The number of halogens is 2. The molecule has 35 heavy (non-hydrogen) atoms. The van der Waals surface area contributed by atoms with E-state index in [0.29, 0.717) is 12.5 Å². The summed E-state index contributed by atoms with van der Waals surface area (Å²) in [5.74, 6) is 3.15. The normalized spacial score (nSPS) is 12.8. The van der Waals surface area contributed by atoms with Gasteiger partial charge >= 0.3 is 0 Å². The highest BCUT2D eigenvalue weighted by molar-refractivity contribution is 9.11. The molecule has 0 bridgehead atoms. The highest BCUT2D eigenvalue weighted by atomic mass is 79.9. The van der Waals surface area contributed by atoms with Crippen LogP contribution in [0.2, 0.25) is 0 Å². The lowest BCUT2D eigenvalue weighted by Crippen LogP contribution is -2.06. The standard InChI is InChI=1S/C29H34Br2O2S2/c1-20(2)6-5-7-21(3)16-17-33-27-19-22(8-10-24-12-14-28(30)34-24)26(32-4)18-23(27)9-11-25-13-15-29(31)35-25/h8-15,18-21H,5-7,16-17H2,1-4H3. The number of benzene rings is 1. The van der Waals surface area contributed by atoms with Crippen molar-refractivity contribution in [3.8, 4) is 11.5 Å². The van der Waals surface area contributed by atoms with Crippen molar-refractivity contribution in [1.82, 2.24) is 0 Å². The van der Waals surface area contributed by atoms with Gasteiger partial charge in [0.25, 0.3) is 0 Å². The molecule has 3 aromatic rings. The van der Waals surface area contributed by atoms with Crippen molar-refractivity contribution in [2.24, 2.45) is 11.8 Å².